The Bertz CT molecular complexity index is 557. The van der Waals surface area contributed by atoms with Gasteiger partial charge in [0, 0.05) is 6.54 Å². The first kappa shape index (κ1) is 13.2. The zero-order chi connectivity index (χ0) is 13.3. The molecule has 0 radical (unpaired) electrons. The topological polar surface area (TPSA) is 82.9 Å². The van der Waals surface area contributed by atoms with Gasteiger partial charge in [-0.15, -0.1) is 0 Å². The maximum Gasteiger partial charge on any atom is 0.354 e. The molecule has 1 fully saturated rings. The fourth-order valence-corrected chi connectivity index (χ4v) is 2.98. The van der Waals surface area contributed by atoms with Gasteiger partial charge in [-0.3, -0.25) is 0 Å². The molecule has 0 aromatic carbocycles. The van der Waals surface area contributed by atoms with Crippen LogP contribution in [0.1, 0.15) is 32.6 Å². The van der Waals surface area contributed by atoms with Crippen molar-refractivity contribution in [3.63, 3.8) is 0 Å². The Morgan fingerprint density at radius 3 is 2.56 bits per heavy atom. The molecule has 1 aromatic rings. The van der Waals surface area contributed by atoms with Crippen LogP contribution in [0.2, 0.25) is 0 Å². The minimum Gasteiger partial charge on any atom is -0.333 e. The standard InChI is InChI=1S/C11H18N4O2S/c1-11(5-3-4-6-11)7-14-8(16)13-9(18-2)15(12)10(14)17/h3-7,12H2,1-2H3. The van der Waals surface area contributed by atoms with Gasteiger partial charge in [-0.25, -0.2) is 14.2 Å². The van der Waals surface area contributed by atoms with Crippen molar-refractivity contribution < 1.29 is 0 Å². The van der Waals surface area contributed by atoms with Gasteiger partial charge in [0.25, 0.3) is 0 Å². The highest BCUT2D eigenvalue weighted by Gasteiger charge is 2.30. The van der Waals surface area contributed by atoms with E-state index >= 15 is 0 Å². The van der Waals surface area contributed by atoms with Crippen LogP contribution in [0.5, 0.6) is 0 Å². The molecule has 6 nitrogen and oxygen atoms in total. The third-order valence-corrected chi connectivity index (χ3v) is 4.25. The number of hydrogen-bond donors (Lipinski definition) is 1. The minimum atomic E-state index is -0.501. The summed E-state index contributed by atoms with van der Waals surface area (Å²) in [5, 5.41) is 0.248. The summed E-state index contributed by atoms with van der Waals surface area (Å²) in [4.78, 5) is 27.8. The Morgan fingerprint density at radius 2 is 2.00 bits per heavy atom. The van der Waals surface area contributed by atoms with Crippen LogP contribution in [0.25, 0.3) is 0 Å². The lowest BCUT2D eigenvalue weighted by Gasteiger charge is -2.23. The Balaban J connectivity index is 2.43. The summed E-state index contributed by atoms with van der Waals surface area (Å²) >= 11 is 1.19. The van der Waals surface area contributed by atoms with Crippen LogP contribution in [0, 0.1) is 5.41 Å². The molecule has 0 saturated heterocycles. The van der Waals surface area contributed by atoms with Gasteiger partial charge in [0.05, 0.1) is 0 Å². The van der Waals surface area contributed by atoms with E-state index in [1.54, 1.807) is 6.26 Å². The summed E-state index contributed by atoms with van der Waals surface area (Å²) < 4.78 is 2.11. The first-order chi connectivity index (χ1) is 8.47. The third-order valence-electron chi connectivity index (χ3n) is 3.60. The Morgan fingerprint density at radius 1 is 1.39 bits per heavy atom. The first-order valence-electron chi connectivity index (χ1n) is 6.00. The van der Waals surface area contributed by atoms with Crippen molar-refractivity contribution in [3.8, 4) is 0 Å². The van der Waals surface area contributed by atoms with Crippen molar-refractivity contribution >= 4 is 11.8 Å². The number of nitrogen functional groups attached to an aromatic ring is 1. The van der Waals surface area contributed by atoms with Crippen LogP contribution in [-0.2, 0) is 6.54 Å². The van der Waals surface area contributed by atoms with Crippen molar-refractivity contribution in [2.45, 2.75) is 44.3 Å². The molecule has 2 rings (SSSR count). The monoisotopic (exact) mass is 270 g/mol. The number of nitrogens with two attached hydrogens (primary N) is 1. The van der Waals surface area contributed by atoms with Crippen molar-refractivity contribution in [2.24, 2.45) is 5.41 Å². The average Bonchev–Trinajstić information content (AvgIpc) is 2.76. The van der Waals surface area contributed by atoms with Gasteiger partial charge in [0.2, 0.25) is 0 Å². The maximum atomic E-state index is 12.0. The zero-order valence-corrected chi connectivity index (χ0v) is 11.5. The lowest BCUT2D eigenvalue weighted by molar-refractivity contribution is 0.265. The van der Waals surface area contributed by atoms with E-state index in [1.807, 2.05) is 0 Å². The molecule has 1 aromatic heterocycles. The summed E-state index contributed by atoms with van der Waals surface area (Å²) in [5.41, 5.74) is -0.968. The molecule has 18 heavy (non-hydrogen) atoms. The summed E-state index contributed by atoms with van der Waals surface area (Å²) in [5.74, 6) is 5.64. The van der Waals surface area contributed by atoms with Crippen LogP contribution >= 0.6 is 11.8 Å². The third kappa shape index (κ3) is 2.31. The Labute approximate surface area is 109 Å². The second kappa shape index (κ2) is 4.79. The predicted octanol–water partition coefficient (Wildman–Crippen LogP) is 0.421. The van der Waals surface area contributed by atoms with Crippen LogP contribution in [0.3, 0.4) is 0 Å². The Hall–Kier alpha value is -1.24. The second-order valence-electron chi connectivity index (χ2n) is 5.14. The van der Waals surface area contributed by atoms with E-state index in [9.17, 15) is 9.59 Å². The normalized spacial score (nSPS) is 18.1. The first-order valence-corrected chi connectivity index (χ1v) is 7.22. The molecule has 1 heterocycles. The van der Waals surface area contributed by atoms with Gasteiger partial charge in [0.1, 0.15) is 0 Å². The van der Waals surface area contributed by atoms with Gasteiger partial charge in [-0.1, -0.05) is 31.5 Å². The number of aromatic nitrogens is 3. The predicted molar refractivity (Wildman–Crippen MR) is 71.3 cm³/mol. The highest BCUT2D eigenvalue weighted by Crippen LogP contribution is 2.38. The maximum absolute atomic E-state index is 12.0. The van der Waals surface area contributed by atoms with Crippen LogP contribution in [-0.4, -0.2) is 20.5 Å². The van der Waals surface area contributed by atoms with Crippen molar-refractivity contribution in [1.82, 2.24) is 14.2 Å². The van der Waals surface area contributed by atoms with E-state index in [0.29, 0.717) is 6.54 Å². The van der Waals surface area contributed by atoms with Crippen LogP contribution in [0.15, 0.2) is 14.7 Å². The van der Waals surface area contributed by atoms with E-state index in [1.165, 1.54) is 11.8 Å². The van der Waals surface area contributed by atoms with Crippen molar-refractivity contribution in [1.29, 1.82) is 0 Å². The molecule has 7 heteroatoms. The highest BCUT2D eigenvalue weighted by molar-refractivity contribution is 7.98. The van der Waals surface area contributed by atoms with Gasteiger partial charge in [-0.05, 0) is 24.5 Å². The highest BCUT2D eigenvalue weighted by atomic mass is 32.2. The molecule has 2 N–H and O–H groups in total. The molecule has 0 bridgehead atoms. The number of nitrogens with zero attached hydrogens (tertiary/aromatic N) is 3. The Kier molecular flexibility index (Phi) is 3.52. The molecule has 0 unspecified atom stereocenters. The summed E-state index contributed by atoms with van der Waals surface area (Å²) in [7, 11) is 0. The van der Waals surface area contributed by atoms with Crippen LogP contribution < -0.4 is 17.2 Å². The smallest absolute Gasteiger partial charge is 0.333 e. The molecule has 1 aliphatic rings. The van der Waals surface area contributed by atoms with E-state index < -0.39 is 11.4 Å². The molecule has 0 spiro atoms. The fourth-order valence-electron chi connectivity index (χ4n) is 2.54. The molecular weight excluding hydrogens is 252 g/mol. The number of thioether (sulfide) groups is 1. The molecule has 0 amide bonds. The van der Waals surface area contributed by atoms with E-state index in [0.717, 1.165) is 34.9 Å². The molecule has 1 saturated carbocycles. The summed E-state index contributed by atoms with van der Waals surface area (Å²) in [6, 6.07) is 0. The lowest BCUT2D eigenvalue weighted by Crippen LogP contribution is -2.47. The molecular formula is C11H18N4O2S. The lowest BCUT2D eigenvalue weighted by atomic mass is 9.89. The van der Waals surface area contributed by atoms with Crippen molar-refractivity contribution in [2.75, 3.05) is 12.1 Å². The molecule has 1 aliphatic carbocycles. The summed E-state index contributed by atoms with van der Waals surface area (Å²) in [6.45, 7) is 2.51. The largest absolute Gasteiger partial charge is 0.354 e. The SMILES string of the molecule is CSc1nc(=O)n(CC2(C)CCCC2)c(=O)n1N. The van der Waals surface area contributed by atoms with E-state index in [-0.39, 0.29) is 10.6 Å². The number of rotatable bonds is 3. The quantitative estimate of drug-likeness (QED) is 0.636. The molecule has 0 atom stereocenters. The van der Waals surface area contributed by atoms with Gasteiger partial charge < -0.3 is 5.84 Å². The minimum absolute atomic E-state index is 0.0124. The van der Waals surface area contributed by atoms with Gasteiger partial charge >= 0.3 is 11.4 Å². The van der Waals surface area contributed by atoms with Gasteiger partial charge in [-0.2, -0.15) is 9.66 Å². The average molecular weight is 270 g/mol. The van der Waals surface area contributed by atoms with Crippen LogP contribution in [0.4, 0.5) is 0 Å². The zero-order valence-electron chi connectivity index (χ0n) is 10.7. The number of hydrogen-bond acceptors (Lipinski definition) is 5. The van der Waals surface area contributed by atoms with E-state index in [2.05, 4.69) is 11.9 Å². The van der Waals surface area contributed by atoms with Gasteiger partial charge in [0.15, 0.2) is 5.16 Å². The summed E-state index contributed by atoms with van der Waals surface area (Å²) in [6.07, 6.45) is 6.10. The van der Waals surface area contributed by atoms with Crippen molar-refractivity contribution in [3.05, 3.63) is 21.0 Å². The fraction of sp³-hybridized carbons (Fsp3) is 0.727. The second-order valence-corrected chi connectivity index (χ2v) is 5.91. The molecule has 0 aliphatic heterocycles. The van der Waals surface area contributed by atoms with E-state index in [4.69, 9.17) is 5.84 Å². The molecule has 100 valence electrons.